The van der Waals surface area contributed by atoms with E-state index in [2.05, 4.69) is 51.1 Å². The van der Waals surface area contributed by atoms with Gasteiger partial charge in [-0.05, 0) is 76.5 Å². The molecule has 0 saturated carbocycles. The van der Waals surface area contributed by atoms with Crippen LogP contribution in [0.1, 0.15) is 33.1 Å². The molecule has 2 aliphatic rings. The van der Waals surface area contributed by atoms with Crippen molar-refractivity contribution in [2.75, 3.05) is 50.7 Å². The molecule has 7 heteroatoms. The SMILES string of the molecule is CC(C)(CCCN1CCN(CCCN2c3ccccc3Sc3ccc(Cl)cc32)CC1)C(=O)O. The van der Waals surface area contributed by atoms with Crippen LogP contribution < -0.4 is 4.90 Å². The lowest BCUT2D eigenvalue weighted by atomic mass is 9.88. The van der Waals surface area contributed by atoms with E-state index in [0.29, 0.717) is 0 Å². The maximum absolute atomic E-state index is 11.3. The van der Waals surface area contributed by atoms with E-state index in [-0.39, 0.29) is 0 Å². The van der Waals surface area contributed by atoms with Crippen molar-refractivity contribution in [2.45, 2.75) is 42.9 Å². The van der Waals surface area contributed by atoms with Gasteiger partial charge in [-0.15, -0.1) is 0 Å². The van der Waals surface area contributed by atoms with Crippen LogP contribution >= 0.6 is 23.4 Å². The fourth-order valence-electron chi connectivity index (χ4n) is 4.58. The summed E-state index contributed by atoms with van der Waals surface area (Å²) in [7, 11) is 0. The number of carboxylic acid groups (broad SMARTS) is 1. The Balaban J connectivity index is 1.26. The minimum Gasteiger partial charge on any atom is -0.481 e. The van der Waals surface area contributed by atoms with Gasteiger partial charge >= 0.3 is 5.97 Å². The van der Waals surface area contributed by atoms with Crippen LogP contribution in [0.25, 0.3) is 0 Å². The van der Waals surface area contributed by atoms with Crippen molar-refractivity contribution >= 4 is 40.7 Å². The molecule has 0 aromatic heterocycles. The molecule has 1 saturated heterocycles. The van der Waals surface area contributed by atoms with Gasteiger partial charge in [-0.1, -0.05) is 35.5 Å². The van der Waals surface area contributed by atoms with Crippen LogP contribution in [0.3, 0.4) is 0 Å². The van der Waals surface area contributed by atoms with Gasteiger partial charge in [0, 0.05) is 47.5 Å². The molecule has 0 bridgehead atoms. The van der Waals surface area contributed by atoms with Crippen molar-refractivity contribution in [3.63, 3.8) is 0 Å². The molecule has 2 heterocycles. The summed E-state index contributed by atoms with van der Waals surface area (Å²) in [6.45, 7) is 11.0. The summed E-state index contributed by atoms with van der Waals surface area (Å²) in [5, 5.41) is 10.1. The van der Waals surface area contributed by atoms with Crippen LogP contribution in [-0.4, -0.2) is 66.7 Å². The zero-order chi connectivity index (χ0) is 23.4. The third-order valence-electron chi connectivity index (χ3n) is 6.76. The minimum atomic E-state index is -0.702. The molecule has 0 radical (unpaired) electrons. The topological polar surface area (TPSA) is 47.0 Å². The highest BCUT2D eigenvalue weighted by Crippen LogP contribution is 2.48. The number of carboxylic acids is 1. The van der Waals surface area contributed by atoms with Crippen molar-refractivity contribution in [3.8, 4) is 0 Å². The molecule has 1 fully saturated rings. The number of anilines is 2. The molecule has 2 aromatic carbocycles. The van der Waals surface area contributed by atoms with Gasteiger partial charge in [0.25, 0.3) is 0 Å². The summed E-state index contributed by atoms with van der Waals surface area (Å²) in [5.74, 6) is -0.702. The molecule has 0 spiro atoms. The van der Waals surface area contributed by atoms with Gasteiger partial charge in [-0.2, -0.15) is 0 Å². The zero-order valence-corrected chi connectivity index (χ0v) is 21.2. The molecular weight excluding hydrogens is 454 g/mol. The van der Waals surface area contributed by atoms with Gasteiger partial charge in [-0.25, -0.2) is 0 Å². The molecule has 2 aromatic rings. The highest BCUT2D eigenvalue weighted by molar-refractivity contribution is 7.99. The molecule has 0 amide bonds. The number of halogens is 1. The van der Waals surface area contributed by atoms with Crippen LogP contribution in [-0.2, 0) is 4.79 Å². The smallest absolute Gasteiger partial charge is 0.309 e. The molecular formula is C26H34ClN3O2S. The predicted octanol–water partition coefficient (Wildman–Crippen LogP) is 5.84. The zero-order valence-electron chi connectivity index (χ0n) is 19.6. The highest BCUT2D eigenvalue weighted by atomic mass is 35.5. The number of para-hydroxylation sites is 1. The first-order chi connectivity index (χ1) is 15.8. The fraction of sp³-hybridized carbons (Fsp3) is 0.500. The standard InChI is InChI=1S/C26H34ClN3O2S/c1-26(2,25(31)32)11-5-12-28-15-17-29(18-16-28)13-6-14-30-21-7-3-4-8-23(21)33-24-10-9-20(27)19-22(24)30/h3-4,7-10,19H,5-6,11-18H2,1-2H3,(H,31,32). The highest BCUT2D eigenvalue weighted by Gasteiger charge is 2.27. The second-order valence-corrected chi connectivity index (χ2v) is 11.2. The van der Waals surface area contributed by atoms with Crippen LogP contribution in [0.5, 0.6) is 0 Å². The van der Waals surface area contributed by atoms with Gasteiger partial charge in [0.2, 0.25) is 0 Å². The summed E-state index contributed by atoms with van der Waals surface area (Å²) in [6, 6.07) is 14.8. The Labute approximate surface area is 206 Å². The third-order valence-corrected chi connectivity index (χ3v) is 8.13. The molecule has 0 atom stereocenters. The molecule has 33 heavy (non-hydrogen) atoms. The second kappa shape index (κ2) is 10.7. The van der Waals surface area contributed by atoms with Crippen molar-refractivity contribution in [3.05, 3.63) is 47.5 Å². The summed E-state index contributed by atoms with van der Waals surface area (Å²) in [5.41, 5.74) is 1.85. The lowest BCUT2D eigenvalue weighted by Crippen LogP contribution is -2.47. The summed E-state index contributed by atoms with van der Waals surface area (Å²) in [4.78, 5) is 21.3. The lowest BCUT2D eigenvalue weighted by Gasteiger charge is -2.36. The maximum atomic E-state index is 11.3. The van der Waals surface area contributed by atoms with Gasteiger partial charge in [0.1, 0.15) is 0 Å². The van der Waals surface area contributed by atoms with Crippen molar-refractivity contribution in [1.29, 1.82) is 0 Å². The largest absolute Gasteiger partial charge is 0.481 e. The minimum absolute atomic E-state index is 0.629. The van der Waals surface area contributed by atoms with Gasteiger partial charge < -0.3 is 19.8 Å². The van der Waals surface area contributed by atoms with Crippen LogP contribution in [0.15, 0.2) is 52.3 Å². The number of fused-ring (bicyclic) bond motifs is 2. The normalized spacial score (nSPS) is 17.0. The Morgan fingerprint density at radius 2 is 1.58 bits per heavy atom. The quantitative estimate of drug-likeness (QED) is 0.479. The number of nitrogens with zero attached hydrogens (tertiary/aromatic N) is 3. The van der Waals surface area contributed by atoms with Gasteiger partial charge in [0.05, 0.1) is 16.8 Å². The Kier molecular flexibility index (Phi) is 7.90. The molecule has 5 nitrogen and oxygen atoms in total. The van der Waals surface area contributed by atoms with Crippen LogP contribution in [0.4, 0.5) is 11.4 Å². The van der Waals surface area contributed by atoms with Crippen molar-refractivity contribution in [1.82, 2.24) is 9.80 Å². The Hall–Kier alpha value is -1.73. The van der Waals surface area contributed by atoms with E-state index in [1.165, 1.54) is 21.2 Å². The van der Waals surface area contributed by atoms with E-state index in [1.54, 1.807) is 0 Å². The maximum Gasteiger partial charge on any atom is 0.309 e. The average molecular weight is 488 g/mol. The predicted molar refractivity (Wildman–Crippen MR) is 137 cm³/mol. The van der Waals surface area contributed by atoms with Gasteiger partial charge in [0.15, 0.2) is 0 Å². The number of hydrogen-bond donors (Lipinski definition) is 1. The van der Waals surface area contributed by atoms with E-state index in [0.717, 1.165) is 70.1 Å². The van der Waals surface area contributed by atoms with E-state index >= 15 is 0 Å². The molecule has 2 aliphatic heterocycles. The van der Waals surface area contributed by atoms with Gasteiger partial charge in [-0.3, -0.25) is 4.79 Å². The summed E-state index contributed by atoms with van der Waals surface area (Å²) < 4.78 is 0. The van der Waals surface area contributed by atoms with E-state index < -0.39 is 11.4 Å². The summed E-state index contributed by atoms with van der Waals surface area (Å²) >= 11 is 8.15. The Bertz CT molecular complexity index is 976. The molecule has 0 aliphatic carbocycles. The second-order valence-electron chi connectivity index (χ2n) is 9.66. The van der Waals surface area contributed by atoms with E-state index in [9.17, 15) is 9.90 Å². The van der Waals surface area contributed by atoms with E-state index in [4.69, 9.17) is 11.6 Å². The Morgan fingerprint density at radius 1 is 0.939 bits per heavy atom. The van der Waals surface area contributed by atoms with Crippen molar-refractivity contribution < 1.29 is 9.90 Å². The Morgan fingerprint density at radius 3 is 2.27 bits per heavy atom. The number of benzene rings is 2. The number of aliphatic carboxylic acids is 1. The molecule has 4 rings (SSSR count). The first kappa shape index (κ1) is 24.4. The number of piperazine rings is 1. The number of rotatable bonds is 9. The molecule has 178 valence electrons. The first-order valence-corrected chi connectivity index (χ1v) is 13.0. The number of hydrogen-bond acceptors (Lipinski definition) is 5. The van der Waals surface area contributed by atoms with Crippen molar-refractivity contribution in [2.24, 2.45) is 5.41 Å². The lowest BCUT2D eigenvalue weighted by molar-refractivity contribution is -0.147. The van der Waals surface area contributed by atoms with Crippen LogP contribution in [0, 0.1) is 5.41 Å². The first-order valence-electron chi connectivity index (χ1n) is 11.9. The monoisotopic (exact) mass is 487 g/mol. The fourth-order valence-corrected chi connectivity index (χ4v) is 5.83. The molecule has 0 unspecified atom stereocenters. The van der Waals surface area contributed by atoms with E-state index in [1.807, 2.05) is 31.7 Å². The van der Waals surface area contributed by atoms with Crippen LogP contribution in [0.2, 0.25) is 5.02 Å². The molecule has 1 N–H and O–H groups in total. The summed E-state index contributed by atoms with van der Waals surface area (Å²) in [6.07, 6.45) is 2.76. The third kappa shape index (κ3) is 6.04. The average Bonchev–Trinajstić information content (AvgIpc) is 2.79. The number of carbonyl (C=O) groups is 1.